The first-order valence-corrected chi connectivity index (χ1v) is 15.2. The van der Waals surface area contributed by atoms with Crippen LogP contribution in [-0.2, 0) is 19.1 Å². The van der Waals surface area contributed by atoms with Crippen LogP contribution in [0.3, 0.4) is 0 Å². The third-order valence-electron chi connectivity index (χ3n) is 8.11. The summed E-state index contributed by atoms with van der Waals surface area (Å²) in [6, 6.07) is 9.82. The predicted octanol–water partition coefficient (Wildman–Crippen LogP) is 9.47. The van der Waals surface area contributed by atoms with Gasteiger partial charge in [0.1, 0.15) is 6.54 Å². The number of benzene rings is 2. The number of hydrogen-bond donors (Lipinski definition) is 0. The average Bonchev–Trinajstić information content (AvgIpc) is 3.38. The van der Waals surface area contributed by atoms with Crippen molar-refractivity contribution in [1.82, 2.24) is 0 Å². The van der Waals surface area contributed by atoms with Crippen LogP contribution in [0.1, 0.15) is 119 Å². The van der Waals surface area contributed by atoms with Crippen LogP contribution < -0.4 is 9.47 Å². The summed E-state index contributed by atoms with van der Waals surface area (Å²) in [5.41, 5.74) is 4.05. The monoisotopic (exact) mass is 544 g/mol. The Labute approximate surface area is 232 Å². The quantitative estimate of drug-likeness (QED) is 0.155. The minimum atomic E-state index is -4.31. The van der Waals surface area contributed by atoms with Crippen molar-refractivity contribution in [2.24, 2.45) is 0 Å². The highest BCUT2D eigenvalue weighted by Crippen LogP contribution is 2.37. The van der Waals surface area contributed by atoms with E-state index in [2.05, 4.69) is 23.6 Å². The first-order valence-electron chi connectivity index (χ1n) is 15.2. The zero-order valence-corrected chi connectivity index (χ0v) is 23.6. The Hall–Kier alpha value is -2.50. The Morgan fingerprint density at radius 1 is 0.744 bits per heavy atom. The Morgan fingerprint density at radius 2 is 1.31 bits per heavy atom. The molecule has 39 heavy (non-hydrogen) atoms. The van der Waals surface area contributed by atoms with E-state index in [1.807, 2.05) is 0 Å². The molecule has 6 heteroatoms. The molecule has 0 aromatic heterocycles. The molecule has 2 heterocycles. The number of fused-ring (bicyclic) bond motifs is 2. The van der Waals surface area contributed by atoms with Gasteiger partial charge < -0.3 is 9.47 Å². The fraction of sp³-hybridized carbons (Fsp3) is 0.606. The summed E-state index contributed by atoms with van der Waals surface area (Å²) in [7, 11) is 0. The van der Waals surface area contributed by atoms with Crippen LogP contribution in [0.5, 0.6) is 11.5 Å². The van der Waals surface area contributed by atoms with Gasteiger partial charge in [-0.05, 0) is 36.2 Å². The summed E-state index contributed by atoms with van der Waals surface area (Å²) in [6.07, 6.45) is 14.7. The van der Waals surface area contributed by atoms with Crippen molar-refractivity contribution in [3.8, 4) is 11.5 Å². The molecule has 0 saturated heterocycles. The molecule has 0 saturated carbocycles. The van der Waals surface area contributed by atoms with E-state index in [-0.39, 0.29) is 6.79 Å². The smallest absolute Gasteiger partial charge is 0.416 e. The maximum atomic E-state index is 13.0. The van der Waals surface area contributed by atoms with Gasteiger partial charge in [0.15, 0.2) is 23.8 Å². The lowest BCUT2D eigenvalue weighted by molar-refractivity contribution is -0.545. The van der Waals surface area contributed by atoms with Gasteiger partial charge in [-0.2, -0.15) is 13.2 Å². The van der Waals surface area contributed by atoms with E-state index in [1.165, 1.54) is 106 Å². The summed E-state index contributed by atoms with van der Waals surface area (Å²) in [4.78, 5) is 0. The molecule has 3 nitrogen and oxygen atoms in total. The number of unbranched alkanes of at least 4 members (excludes halogenated alkanes) is 12. The number of ether oxygens (including phenoxy) is 2. The van der Waals surface area contributed by atoms with Crippen LogP contribution in [0.2, 0.25) is 0 Å². The second kappa shape index (κ2) is 14.8. The Morgan fingerprint density at radius 3 is 1.90 bits per heavy atom. The fourth-order valence-electron chi connectivity index (χ4n) is 5.82. The highest BCUT2D eigenvalue weighted by atomic mass is 19.4. The number of alkyl halides is 3. The maximum Gasteiger partial charge on any atom is 0.416 e. The summed E-state index contributed by atoms with van der Waals surface area (Å²) in [5, 5.41) is 0. The minimum absolute atomic E-state index is 0.252. The molecule has 214 valence electrons. The van der Waals surface area contributed by atoms with Gasteiger partial charge in [-0.1, -0.05) is 96.1 Å². The van der Waals surface area contributed by atoms with Gasteiger partial charge in [0.05, 0.1) is 5.56 Å². The molecular formula is C33H45F3NO2+. The van der Waals surface area contributed by atoms with Crippen molar-refractivity contribution in [1.29, 1.82) is 0 Å². The van der Waals surface area contributed by atoms with Crippen molar-refractivity contribution >= 4 is 5.71 Å². The topological polar surface area (TPSA) is 21.5 Å². The zero-order valence-electron chi connectivity index (χ0n) is 23.6. The molecule has 0 amide bonds. The Balaban J connectivity index is 1.31. The molecule has 4 rings (SSSR count). The molecular weight excluding hydrogens is 499 g/mol. The van der Waals surface area contributed by atoms with E-state index in [9.17, 15) is 13.2 Å². The van der Waals surface area contributed by atoms with Gasteiger partial charge in [0.25, 0.3) is 0 Å². The van der Waals surface area contributed by atoms with Crippen molar-refractivity contribution in [3.05, 3.63) is 58.7 Å². The normalized spacial score (nSPS) is 14.7. The maximum absolute atomic E-state index is 13.0. The summed E-state index contributed by atoms with van der Waals surface area (Å²) in [5.74, 6) is 1.60. The van der Waals surface area contributed by atoms with Crippen LogP contribution in [-0.4, -0.2) is 23.6 Å². The van der Waals surface area contributed by atoms with E-state index in [0.29, 0.717) is 6.54 Å². The van der Waals surface area contributed by atoms with Crippen LogP contribution in [0, 0.1) is 0 Å². The van der Waals surface area contributed by atoms with Crippen LogP contribution in [0.15, 0.2) is 36.4 Å². The number of hydrogen-bond acceptors (Lipinski definition) is 2. The third kappa shape index (κ3) is 8.74. The van der Waals surface area contributed by atoms with E-state index in [1.54, 1.807) is 12.1 Å². The highest BCUT2D eigenvalue weighted by Gasteiger charge is 2.31. The Bertz CT molecular complexity index is 1080. The molecule has 2 aliphatic heterocycles. The van der Waals surface area contributed by atoms with Crippen molar-refractivity contribution in [2.45, 2.75) is 116 Å². The Kier molecular flexibility index (Phi) is 11.2. The number of halogens is 3. The van der Waals surface area contributed by atoms with Crippen LogP contribution >= 0.6 is 0 Å². The second-order valence-electron chi connectivity index (χ2n) is 11.2. The molecule has 2 aliphatic rings. The van der Waals surface area contributed by atoms with Crippen molar-refractivity contribution in [2.75, 3.05) is 13.3 Å². The van der Waals surface area contributed by atoms with Gasteiger partial charge in [0, 0.05) is 24.0 Å². The molecule has 0 N–H and O–H groups in total. The van der Waals surface area contributed by atoms with Crippen LogP contribution in [0.4, 0.5) is 13.2 Å². The highest BCUT2D eigenvalue weighted by molar-refractivity contribution is 5.99. The van der Waals surface area contributed by atoms with Crippen molar-refractivity contribution < 1.29 is 27.2 Å². The SMILES string of the molecule is CCCCCCCCCCCCCCCC1=[N+](Cc2ccc(C(F)(F)F)cc2)CCc2cc3c(cc21)OCO3. The lowest BCUT2D eigenvalue weighted by Gasteiger charge is -2.20. The standard InChI is InChI=1S/C33H45F3NO2/c1-2-3-4-5-6-7-8-9-10-11-12-13-14-15-30-29-23-32-31(38-25-39-32)22-27(29)20-21-37(30)24-26-16-18-28(19-17-26)33(34,35)36/h16-19,22-23H,2-15,20-21,24-25H2,1H3/q+1. The van der Waals surface area contributed by atoms with E-state index in [4.69, 9.17) is 9.47 Å². The third-order valence-corrected chi connectivity index (χ3v) is 8.11. The largest absolute Gasteiger partial charge is 0.454 e. The number of rotatable bonds is 16. The second-order valence-corrected chi connectivity index (χ2v) is 11.2. The molecule has 0 radical (unpaired) electrons. The van der Waals surface area contributed by atoms with Crippen molar-refractivity contribution in [3.63, 3.8) is 0 Å². The summed E-state index contributed by atoms with van der Waals surface area (Å²) >= 11 is 0. The lowest BCUT2D eigenvalue weighted by atomic mass is 9.92. The van der Waals surface area contributed by atoms with Gasteiger partial charge in [-0.3, -0.25) is 0 Å². The van der Waals surface area contributed by atoms with Gasteiger partial charge in [-0.25, -0.2) is 4.58 Å². The molecule has 0 bridgehead atoms. The molecule has 0 atom stereocenters. The van der Waals surface area contributed by atoms with E-state index >= 15 is 0 Å². The predicted molar refractivity (Wildman–Crippen MR) is 151 cm³/mol. The number of nitrogens with zero attached hydrogens (tertiary/aromatic N) is 1. The molecule has 0 spiro atoms. The average molecular weight is 545 g/mol. The summed E-state index contributed by atoms with van der Waals surface area (Å²) < 4.78 is 52.7. The molecule has 0 unspecified atom stereocenters. The first-order chi connectivity index (χ1) is 19.0. The van der Waals surface area contributed by atoms with E-state index in [0.717, 1.165) is 42.9 Å². The molecule has 2 aromatic carbocycles. The molecule has 0 fully saturated rings. The molecule has 2 aromatic rings. The van der Waals surface area contributed by atoms with Gasteiger partial charge in [0.2, 0.25) is 6.79 Å². The van der Waals surface area contributed by atoms with Crippen LogP contribution in [0.25, 0.3) is 0 Å². The van der Waals surface area contributed by atoms with E-state index < -0.39 is 11.7 Å². The minimum Gasteiger partial charge on any atom is -0.454 e. The first kappa shape index (κ1) is 29.5. The van der Waals surface area contributed by atoms with Gasteiger partial charge >= 0.3 is 6.18 Å². The fourth-order valence-corrected chi connectivity index (χ4v) is 5.82. The van der Waals surface area contributed by atoms with Gasteiger partial charge in [-0.15, -0.1) is 0 Å². The summed E-state index contributed by atoms with van der Waals surface area (Å²) in [6.45, 7) is 3.98. The zero-order chi connectivity index (χ0) is 27.5. The molecule has 0 aliphatic carbocycles. The lowest BCUT2D eigenvalue weighted by Crippen LogP contribution is -2.30.